The molecule has 0 spiro atoms. The van der Waals surface area contributed by atoms with Gasteiger partial charge in [0.15, 0.2) is 5.17 Å². The van der Waals surface area contributed by atoms with Crippen LogP contribution in [0.3, 0.4) is 0 Å². The summed E-state index contributed by atoms with van der Waals surface area (Å²) >= 11 is 1.97. The van der Waals surface area contributed by atoms with Crippen LogP contribution in [0.15, 0.2) is 4.99 Å². The van der Waals surface area contributed by atoms with Crippen molar-refractivity contribution in [2.24, 2.45) is 16.3 Å². The van der Waals surface area contributed by atoms with Crippen LogP contribution in [0.25, 0.3) is 0 Å². The summed E-state index contributed by atoms with van der Waals surface area (Å²) in [5.41, 5.74) is 0.511. The predicted octanol–water partition coefficient (Wildman–Crippen LogP) is 4.06. The number of amidine groups is 1. The molecule has 1 aliphatic carbocycles. The molecular formula is C15H28N2S. The topological polar surface area (TPSA) is 24.4 Å². The van der Waals surface area contributed by atoms with E-state index in [9.17, 15) is 0 Å². The Morgan fingerprint density at radius 3 is 2.72 bits per heavy atom. The average Bonchev–Trinajstić information content (AvgIpc) is 2.74. The van der Waals surface area contributed by atoms with Crippen molar-refractivity contribution in [1.82, 2.24) is 5.32 Å². The van der Waals surface area contributed by atoms with Crippen LogP contribution in [0.1, 0.15) is 59.3 Å². The normalized spacial score (nSPS) is 27.3. The van der Waals surface area contributed by atoms with E-state index in [1.165, 1.54) is 43.7 Å². The third-order valence-corrected chi connectivity index (χ3v) is 5.35. The molecule has 0 radical (unpaired) electrons. The van der Waals surface area contributed by atoms with Crippen molar-refractivity contribution in [2.75, 3.05) is 13.1 Å². The van der Waals surface area contributed by atoms with Crippen LogP contribution in [0.4, 0.5) is 0 Å². The summed E-state index contributed by atoms with van der Waals surface area (Å²) in [7, 11) is 0. The molecule has 104 valence electrons. The highest BCUT2D eigenvalue weighted by Crippen LogP contribution is 2.35. The van der Waals surface area contributed by atoms with Gasteiger partial charge in [-0.2, -0.15) is 0 Å². The fourth-order valence-electron chi connectivity index (χ4n) is 3.03. The van der Waals surface area contributed by atoms with Gasteiger partial charge < -0.3 is 5.32 Å². The van der Waals surface area contributed by atoms with Crippen molar-refractivity contribution in [2.45, 2.75) is 64.5 Å². The van der Waals surface area contributed by atoms with E-state index in [2.05, 4.69) is 31.1 Å². The molecule has 0 aromatic carbocycles. The molecule has 1 atom stereocenters. The molecule has 18 heavy (non-hydrogen) atoms. The lowest BCUT2D eigenvalue weighted by Crippen LogP contribution is -2.35. The SMILES string of the molecule is CC(C)CC1CN=C(NCC2(C)CCCCC2)S1. The second-order valence-electron chi connectivity index (χ2n) is 6.74. The Hall–Kier alpha value is -0.180. The van der Waals surface area contributed by atoms with Crippen LogP contribution < -0.4 is 5.32 Å². The van der Waals surface area contributed by atoms with Crippen LogP contribution in [0.2, 0.25) is 0 Å². The van der Waals surface area contributed by atoms with Gasteiger partial charge in [-0.25, -0.2) is 0 Å². The fourth-order valence-corrected chi connectivity index (χ4v) is 4.28. The van der Waals surface area contributed by atoms with E-state index < -0.39 is 0 Å². The number of hydrogen-bond acceptors (Lipinski definition) is 3. The molecule has 0 aromatic heterocycles. The average molecular weight is 268 g/mol. The molecule has 3 heteroatoms. The first-order chi connectivity index (χ1) is 8.57. The smallest absolute Gasteiger partial charge is 0.156 e. The molecule has 1 heterocycles. The van der Waals surface area contributed by atoms with Crippen molar-refractivity contribution >= 4 is 16.9 Å². The molecule has 2 aliphatic rings. The Balaban J connectivity index is 1.71. The standard InChI is InChI=1S/C15H28N2S/c1-12(2)9-13-10-16-14(18-13)17-11-15(3)7-5-4-6-8-15/h12-13H,4-11H2,1-3H3,(H,16,17). The zero-order valence-corrected chi connectivity index (χ0v) is 13.0. The molecule has 0 aromatic rings. The summed E-state index contributed by atoms with van der Waals surface area (Å²) in [6.45, 7) is 9.17. The van der Waals surface area contributed by atoms with Crippen LogP contribution >= 0.6 is 11.8 Å². The first-order valence-electron chi connectivity index (χ1n) is 7.52. The highest BCUT2D eigenvalue weighted by atomic mass is 32.2. The Bertz CT molecular complexity index is 293. The third-order valence-electron chi connectivity index (χ3n) is 4.18. The quantitative estimate of drug-likeness (QED) is 0.831. The van der Waals surface area contributed by atoms with Crippen LogP contribution in [0.5, 0.6) is 0 Å². The van der Waals surface area contributed by atoms with Crippen molar-refractivity contribution in [1.29, 1.82) is 0 Å². The highest BCUT2D eigenvalue weighted by molar-refractivity contribution is 8.14. The van der Waals surface area contributed by atoms with Crippen molar-refractivity contribution in [3.05, 3.63) is 0 Å². The second kappa shape index (κ2) is 6.31. The summed E-state index contributed by atoms with van der Waals surface area (Å²) in [5, 5.41) is 5.52. The van der Waals surface area contributed by atoms with Crippen molar-refractivity contribution < 1.29 is 0 Å². The Kier molecular flexibility index (Phi) is 4.99. The summed E-state index contributed by atoms with van der Waals surface area (Å²) in [6, 6.07) is 0. The maximum absolute atomic E-state index is 4.65. The molecule has 0 saturated heterocycles. The maximum Gasteiger partial charge on any atom is 0.156 e. The minimum absolute atomic E-state index is 0.511. The molecule has 0 bridgehead atoms. The van der Waals surface area contributed by atoms with Crippen molar-refractivity contribution in [3.63, 3.8) is 0 Å². The molecule has 1 N–H and O–H groups in total. The Morgan fingerprint density at radius 1 is 1.33 bits per heavy atom. The van der Waals surface area contributed by atoms with E-state index in [1.54, 1.807) is 0 Å². The Morgan fingerprint density at radius 2 is 2.06 bits per heavy atom. The first-order valence-corrected chi connectivity index (χ1v) is 8.40. The third kappa shape index (κ3) is 4.18. The number of nitrogens with one attached hydrogen (secondary N) is 1. The molecule has 2 nitrogen and oxygen atoms in total. The van der Waals surface area contributed by atoms with Gasteiger partial charge in [-0.15, -0.1) is 0 Å². The van der Waals surface area contributed by atoms with E-state index in [1.807, 2.05) is 11.8 Å². The number of rotatable bonds is 4. The first kappa shape index (κ1) is 14.2. The molecule has 1 saturated carbocycles. The van der Waals surface area contributed by atoms with Gasteiger partial charge in [0, 0.05) is 11.8 Å². The summed E-state index contributed by atoms with van der Waals surface area (Å²) in [6.07, 6.45) is 8.31. The molecular weight excluding hydrogens is 240 g/mol. The summed E-state index contributed by atoms with van der Waals surface area (Å²) < 4.78 is 0. The highest BCUT2D eigenvalue weighted by Gasteiger charge is 2.28. The van der Waals surface area contributed by atoms with E-state index >= 15 is 0 Å². The van der Waals surface area contributed by atoms with Crippen LogP contribution in [-0.4, -0.2) is 23.5 Å². The number of thioether (sulfide) groups is 1. The number of hydrogen-bond donors (Lipinski definition) is 1. The van der Waals surface area contributed by atoms with Crippen LogP contribution in [-0.2, 0) is 0 Å². The van der Waals surface area contributed by atoms with E-state index in [0.717, 1.165) is 19.0 Å². The molecule has 2 rings (SSSR count). The monoisotopic (exact) mass is 268 g/mol. The van der Waals surface area contributed by atoms with Gasteiger partial charge in [0.2, 0.25) is 0 Å². The minimum Gasteiger partial charge on any atom is -0.364 e. The van der Waals surface area contributed by atoms with Gasteiger partial charge in [0.1, 0.15) is 0 Å². The van der Waals surface area contributed by atoms with Gasteiger partial charge in [0.25, 0.3) is 0 Å². The maximum atomic E-state index is 4.65. The van der Waals surface area contributed by atoms with Gasteiger partial charge in [-0.3, -0.25) is 4.99 Å². The van der Waals surface area contributed by atoms with E-state index in [0.29, 0.717) is 10.7 Å². The lowest BCUT2D eigenvalue weighted by molar-refractivity contribution is 0.218. The minimum atomic E-state index is 0.511. The van der Waals surface area contributed by atoms with E-state index in [4.69, 9.17) is 0 Å². The molecule has 1 unspecified atom stereocenters. The van der Waals surface area contributed by atoms with Gasteiger partial charge in [0.05, 0.1) is 6.54 Å². The fraction of sp³-hybridized carbons (Fsp3) is 0.933. The zero-order valence-electron chi connectivity index (χ0n) is 12.2. The zero-order chi connectivity index (χ0) is 13.0. The summed E-state index contributed by atoms with van der Waals surface area (Å²) in [5.74, 6) is 0.785. The lowest BCUT2D eigenvalue weighted by atomic mass is 9.76. The summed E-state index contributed by atoms with van der Waals surface area (Å²) in [4.78, 5) is 4.65. The molecule has 0 amide bonds. The molecule has 1 fully saturated rings. The van der Waals surface area contributed by atoms with Gasteiger partial charge >= 0.3 is 0 Å². The van der Waals surface area contributed by atoms with Crippen molar-refractivity contribution in [3.8, 4) is 0 Å². The van der Waals surface area contributed by atoms with E-state index in [-0.39, 0.29) is 0 Å². The predicted molar refractivity (Wildman–Crippen MR) is 82.3 cm³/mol. The number of aliphatic imine (C=N–C) groups is 1. The lowest BCUT2D eigenvalue weighted by Gasteiger charge is -2.33. The van der Waals surface area contributed by atoms with Gasteiger partial charge in [-0.1, -0.05) is 51.8 Å². The van der Waals surface area contributed by atoms with Gasteiger partial charge in [-0.05, 0) is 30.6 Å². The largest absolute Gasteiger partial charge is 0.364 e. The number of nitrogens with zero attached hydrogens (tertiary/aromatic N) is 1. The van der Waals surface area contributed by atoms with Crippen LogP contribution in [0, 0.1) is 11.3 Å². The second-order valence-corrected chi connectivity index (χ2v) is 8.03. The molecule has 1 aliphatic heterocycles. The Labute approximate surface area is 116 Å².